The van der Waals surface area contributed by atoms with Crippen molar-refractivity contribution in [3.05, 3.63) is 28.8 Å². The van der Waals surface area contributed by atoms with Crippen LogP contribution in [-0.4, -0.2) is 36.3 Å². The smallest absolute Gasteiger partial charge is 0.253 e. The molecule has 1 fully saturated rings. The summed E-state index contributed by atoms with van der Waals surface area (Å²) in [4.78, 5) is 25.1. The van der Waals surface area contributed by atoms with Gasteiger partial charge in [-0.3, -0.25) is 9.59 Å². The normalized spacial score (nSPS) is 19.4. The molecule has 1 heterocycles. The van der Waals surface area contributed by atoms with Crippen molar-refractivity contribution in [2.45, 2.75) is 18.9 Å². The number of carbonyl (C=O) groups excluding carboxylic acids is 2. The Morgan fingerprint density at radius 3 is 2.95 bits per heavy atom. The van der Waals surface area contributed by atoms with Gasteiger partial charge in [-0.2, -0.15) is 0 Å². The Kier molecular flexibility index (Phi) is 3.95. The Morgan fingerprint density at radius 1 is 1.53 bits per heavy atom. The van der Waals surface area contributed by atoms with E-state index in [1.807, 2.05) is 0 Å². The third-order valence-corrected chi connectivity index (χ3v) is 3.66. The SMILES string of the molecule is CN1CC(NC(=O)c2cccc(N)c2Cl)CCC1=O. The highest BCUT2D eigenvalue weighted by molar-refractivity contribution is 6.36. The first kappa shape index (κ1) is 13.7. The molecule has 1 atom stereocenters. The van der Waals surface area contributed by atoms with Gasteiger partial charge in [-0.15, -0.1) is 0 Å². The molecule has 0 bridgehead atoms. The molecular weight excluding hydrogens is 266 g/mol. The molecule has 0 saturated carbocycles. The number of benzene rings is 1. The molecule has 1 aliphatic rings. The maximum absolute atomic E-state index is 12.1. The second-order valence-electron chi connectivity index (χ2n) is 4.69. The number of anilines is 1. The molecule has 1 unspecified atom stereocenters. The van der Waals surface area contributed by atoms with E-state index >= 15 is 0 Å². The number of hydrogen-bond donors (Lipinski definition) is 2. The van der Waals surface area contributed by atoms with Crippen molar-refractivity contribution in [1.82, 2.24) is 10.2 Å². The lowest BCUT2D eigenvalue weighted by Gasteiger charge is -2.30. The minimum absolute atomic E-state index is 0.0484. The summed E-state index contributed by atoms with van der Waals surface area (Å²) in [6.07, 6.45) is 1.10. The summed E-state index contributed by atoms with van der Waals surface area (Å²) >= 11 is 6.01. The number of likely N-dealkylation sites (N-methyl/N-ethyl adjacent to an activating group) is 1. The first-order valence-corrected chi connectivity index (χ1v) is 6.45. The van der Waals surface area contributed by atoms with Crippen LogP contribution >= 0.6 is 11.6 Å². The highest BCUT2D eigenvalue weighted by Gasteiger charge is 2.25. The first-order chi connectivity index (χ1) is 8.99. The van der Waals surface area contributed by atoms with E-state index in [0.717, 1.165) is 0 Å². The maximum Gasteiger partial charge on any atom is 0.253 e. The van der Waals surface area contributed by atoms with Gasteiger partial charge in [0.05, 0.1) is 16.3 Å². The summed E-state index contributed by atoms with van der Waals surface area (Å²) < 4.78 is 0. The van der Waals surface area contributed by atoms with Crippen LogP contribution in [0.3, 0.4) is 0 Å². The Balaban J connectivity index is 2.05. The van der Waals surface area contributed by atoms with E-state index in [0.29, 0.717) is 30.6 Å². The van der Waals surface area contributed by atoms with E-state index in [-0.39, 0.29) is 22.9 Å². The van der Waals surface area contributed by atoms with Gasteiger partial charge in [0.15, 0.2) is 0 Å². The number of nitrogens with two attached hydrogens (primary N) is 1. The zero-order chi connectivity index (χ0) is 14.0. The number of halogens is 1. The average Bonchev–Trinajstić information content (AvgIpc) is 2.37. The Bertz CT molecular complexity index is 519. The number of nitrogens with one attached hydrogen (secondary N) is 1. The van der Waals surface area contributed by atoms with E-state index in [9.17, 15) is 9.59 Å². The van der Waals surface area contributed by atoms with Crippen LogP contribution in [0.4, 0.5) is 5.69 Å². The third-order valence-electron chi connectivity index (χ3n) is 3.24. The number of amides is 2. The quantitative estimate of drug-likeness (QED) is 0.802. The fourth-order valence-corrected chi connectivity index (χ4v) is 2.33. The van der Waals surface area contributed by atoms with Crippen LogP contribution < -0.4 is 11.1 Å². The Hall–Kier alpha value is -1.75. The van der Waals surface area contributed by atoms with Crippen molar-refractivity contribution >= 4 is 29.1 Å². The molecule has 3 N–H and O–H groups in total. The topological polar surface area (TPSA) is 75.4 Å². The first-order valence-electron chi connectivity index (χ1n) is 6.08. The van der Waals surface area contributed by atoms with Gasteiger partial charge >= 0.3 is 0 Å². The zero-order valence-electron chi connectivity index (χ0n) is 10.6. The standard InChI is InChI=1S/C13H16ClN3O2/c1-17-7-8(5-6-11(17)18)16-13(19)9-3-2-4-10(15)12(9)14/h2-4,8H,5-7,15H2,1H3,(H,16,19). The monoisotopic (exact) mass is 281 g/mol. The fraction of sp³-hybridized carbons (Fsp3) is 0.385. The van der Waals surface area contributed by atoms with E-state index in [2.05, 4.69) is 5.32 Å². The van der Waals surface area contributed by atoms with Gasteiger partial charge in [0.25, 0.3) is 5.91 Å². The molecule has 0 spiro atoms. The van der Waals surface area contributed by atoms with Crippen LogP contribution in [0.25, 0.3) is 0 Å². The summed E-state index contributed by atoms with van der Waals surface area (Å²) in [6, 6.07) is 4.91. The van der Waals surface area contributed by atoms with Crippen LogP contribution in [0, 0.1) is 0 Å². The summed E-state index contributed by atoms with van der Waals surface area (Å²) in [7, 11) is 1.73. The predicted octanol–water partition coefficient (Wildman–Crippen LogP) is 1.27. The molecule has 1 aliphatic heterocycles. The van der Waals surface area contributed by atoms with E-state index < -0.39 is 0 Å². The van der Waals surface area contributed by atoms with Crippen LogP contribution in [0.1, 0.15) is 23.2 Å². The van der Waals surface area contributed by atoms with Crippen molar-refractivity contribution in [1.29, 1.82) is 0 Å². The van der Waals surface area contributed by atoms with Gasteiger partial charge in [-0.05, 0) is 18.6 Å². The molecule has 0 radical (unpaired) electrons. The Labute approximate surface area is 116 Å². The third kappa shape index (κ3) is 2.98. The largest absolute Gasteiger partial charge is 0.398 e. The van der Waals surface area contributed by atoms with Gasteiger partial charge in [-0.25, -0.2) is 0 Å². The summed E-state index contributed by atoms with van der Waals surface area (Å²) in [5, 5.41) is 3.15. The minimum atomic E-state index is -0.259. The summed E-state index contributed by atoms with van der Waals surface area (Å²) in [5.74, 6) is -0.155. The molecule has 2 amide bonds. The summed E-state index contributed by atoms with van der Waals surface area (Å²) in [5.41, 5.74) is 6.41. The molecule has 1 aromatic rings. The molecule has 102 valence electrons. The van der Waals surface area contributed by atoms with Gasteiger partial charge in [0.2, 0.25) is 5.91 Å². The van der Waals surface area contributed by atoms with Crippen LogP contribution in [0.5, 0.6) is 0 Å². The number of piperidine rings is 1. The van der Waals surface area contributed by atoms with Gasteiger partial charge in [-0.1, -0.05) is 17.7 Å². The van der Waals surface area contributed by atoms with Crippen molar-refractivity contribution < 1.29 is 9.59 Å². The van der Waals surface area contributed by atoms with E-state index in [4.69, 9.17) is 17.3 Å². The molecular formula is C13H16ClN3O2. The van der Waals surface area contributed by atoms with Crippen LogP contribution in [-0.2, 0) is 4.79 Å². The van der Waals surface area contributed by atoms with Crippen LogP contribution in [0.15, 0.2) is 18.2 Å². The maximum atomic E-state index is 12.1. The molecule has 5 nitrogen and oxygen atoms in total. The zero-order valence-corrected chi connectivity index (χ0v) is 11.4. The number of nitrogen functional groups attached to an aromatic ring is 1. The van der Waals surface area contributed by atoms with E-state index in [1.54, 1.807) is 30.1 Å². The molecule has 0 aliphatic carbocycles. The van der Waals surface area contributed by atoms with Gasteiger partial charge in [0.1, 0.15) is 0 Å². The molecule has 2 rings (SSSR count). The lowest BCUT2D eigenvalue weighted by Crippen LogP contribution is -2.48. The van der Waals surface area contributed by atoms with Gasteiger partial charge in [0, 0.05) is 26.1 Å². The number of hydrogen-bond acceptors (Lipinski definition) is 3. The second kappa shape index (κ2) is 5.48. The van der Waals surface area contributed by atoms with E-state index in [1.165, 1.54) is 0 Å². The van der Waals surface area contributed by atoms with Crippen molar-refractivity contribution in [2.24, 2.45) is 0 Å². The van der Waals surface area contributed by atoms with Gasteiger partial charge < -0.3 is 16.0 Å². The fourth-order valence-electron chi connectivity index (χ4n) is 2.12. The minimum Gasteiger partial charge on any atom is -0.398 e. The highest BCUT2D eigenvalue weighted by Crippen LogP contribution is 2.23. The van der Waals surface area contributed by atoms with Crippen molar-refractivity contribution in [3.63, 3.8) is 0 Å². The molecule has 1 aromatic carbocycles. The predicted molar refractivity (Wildman–Crippen MR) is 74.0 cm³/mol. The molecule has 6 heteroatoms. The van der Waals surface area contributed by atoms with Crippen LogP contribution in [0.2, 0.25) is 5.02 Å². The molecule has 1 saturated heterocycles. The highest BCUT2D eigenvalue weighted by atomic mass is 35.5. The second-order valence-corrected chi connectivity index (χ2v) is 5.07. The number of nitrogens with zero attached hydrogens (tertiary/aromatic N) is 1. The number of rotatable bonds is 2. The Morgan fingerprint density at radius 2 is 2.26 bits per heavy atom. The number of carbonyl (C=O) groups is 2. The average molecular weight is 282 g/mol. The van der Waals surface area contributed by atoms with Crippen molar-refractivity contribution in [3.8, 4) is 0 Å². The van der Waals surface area contributed by atoms with Crippen molar-refractivity contribution in [2.75, 3.05) is 19.3 Å². The lowest BCUT2D eigenvalue weighted by atomic mass is 10.0. The summed E-state index contributed by atoms with van der Waals surface area (Å²) in [6.45, 7) is 0.518. The lowest BCUT2D eigenvalue weighted by molar-refractivity contribution is -0.132. The molecule has 0 aromatic heterocycles. The molecule has 19 heavy (non-hydrogen) atoms. The number of likely N-dealkylation sites (tertiary alicyclic amines) is 1.